The molecule has 0 aromatic heterocycles. The van der Waals surface area contributed by atoms with Crippen LogP contribution in [0.4, 0.5) is 10.5 Å². The number of carbonyl (C=O) groups is 1. The third kappa shape index (κ3) is 2.90. The van der Waals surface area contributed by atoms with E-state index in [0.29, 0.717) is 26.6 Å². The molecule has 1 aromatic rings. The number of hydrogen-bond acceptors (Lipinski definition) is 1. The molecule has 130 valence electrons. The Labute approximate surface area is 153 Å². The molecule has 4 aliphatic rings. The van der Waals surface area contributed by atoms with Gasteiger partial charge in [-0.1, -0.05) is 37.0 Å². The normalized spacial score (nSPS) is 39.8. The zero-order chi connectivity index (χ0) is 17.2. The SMILES string of the molecule is C[C@@]12CC3CC(NC(=O)Nc4ccc(Cl)c(Cl)c4)(C1)C[C@@](C)(C3)C2. The first-order valence-corrected chi connectivity index (χ1v) is 9.48. The minimum atomic E-state index is -0.137. The quantitative estimate of drug-likeness (QED) is 0.675. The summed E-state index contributed by atoms with van der Waals surface area (Å²) >= 11 is 12.0. The molecule has 2 N–H and O–H groups in total. The Morgan fingerprint density at radius 2 is 1.71 bits per heavy atom. The van der Waals surface area contributed by atoms with Gasteiger partial charge in [-0.3, -0.25) is 0 Å². The molecule has 0 radical (unpaired) electrons. The molecule has 0 heterocycles. The molecule has 0 unspecified atom stereocenters. The van der Waals surface area contributed by atoms with Crippen LogP contribution in [0.25, 0.3) is 0 Å². The van der Waals surface area contributed by atoms with Crippen LogP contribution in [-0.4, -0.2) is 11.6 Å². The van der Waals surface area contributed by atoms with Gasteiger partial charge in [0, 0.05) is 11.2 Å². The maximum atomic E-state index is 12.6. The first kappa shape index (κ1) is 16.5. The van der Waals surface area contributed by atoms with Gasteiger partial charge >= 0.3 is 6.03 Å². The van der Waals surface area contributed by atoms with Crippen molar-refractivity contribution in [1.82, 2.24) is 5.32 Å². The molecular weight excluding hydrogens is 343 g/mol. The first-order chi connectivity index (χ1) is 11.2. The van der Waals surface area contributed by atoms with Crippen molar-refractivity contribution in [3.05, 3.63) is 28.2 Å². The van der Waals surface area contributed by atoms with Crippen LogP contribution in [0.3, 0.4) is 0 Å². The Hall–Kier alpha value is -0.930. The van der Waals surface area contributed by atoms with E-state index in [1.54, 1.807) is 18.2 Å². The van der Waals surface area contributed by atoms with Crippen molar-refractivity contribution >= 4 is 34.9 Å². The maximum absolute atomic E-state index is 12.6. The molecule has 4 aliphatic carbocycles. The Morgan fingerprint density at radius 3 is 2.29 bits per heavy atom. The van der Waals surface area contributed by atoms with Crippen molar-refractivity contribution in [3.63, 3.8) is 0 Å². The van der Waals surface area contributed by atoms with E-state index in [9.17, 15) is 4.79 Å². The molecule has 0 aliphatic heterocycles. The summed E-state index contributed by atoms with van der Waals surface area (Å²) < 4.78 is 0. The van der Waals surface area contributed by atoms with E-state index in [4.69, 9.17) is 23.2 Å². The van der Waals surface area contributed by atoms with Crippen LogP contribution in [0.1, 0.15) is 52.4 Å². The second kappa shape index (κ2) is 5.28. The molecule has 4 fully saturated rings. The second-order valence-electron chi connectivity index (χ2n) is 9.12. The van der Waals surface area contributed by atoms with Crippen molar-refractivity contribution in [2.75, 3.05) is 5.32 Å². The molecule has 2 atom stereocenters. The summed E-state index contributed by atoms with van der Waals surface area (Å²) in [6.07, 6.45) is 7.25. The number of carbonyl (C=O) groups excluding carboxylic acids is 1. The topological polar surface area (TPSA) is 41.1 Å². The monoisotopic (exact) mass is 366 g/mol. The predicted octanol–water partition coefficient (Wildman–Crippen LogP) is 5.86. The smallest absolute Gasteiger partial charge is 0.319 e. The fraction of sp³-hybridized carbons (Fsp3) is 0.632. The number of hydrogen-bond donors (Lipinski definition) is 2. The van der Waals surface area contributed by atoms with Gasteiger partial charge in [0.2, 0.25) is 0 Å². The van der Waals surface area contributed by atoms with Gasteiger partial charge in [-0.2, -0.15) is 0 Å². The summed E-state index contributed by atoms with van der Waals surface area (Å²) in [5, 5.41) is 7.19. The van der Waals surface area contributed by atoms with Crippen LogP contribution >= 0.6 is 23.2 Å². The average molecular weight is 367 g/mol. The molecule has 0 spiro atoms. The van der Waals surface area contributed by atoms with Crippen molar-refractivity contribution in [3.8, 4) is 0 Å². The first-order valence-electron chi connectivity index (χ1n) is 8.73. The van der Waals surface area contributed by atoms with Gasteiger partial charge in [0.1, 0.15) is 0 Å². The highest BCUT2D eigenvalue weighted by molar-refractivity contribution is 6.42. The van der Waals surface area contributed by atoms with E-state index < -0.39 is 0 Å². The molecule has 4 bridgehead atoms. The predicted molar refractivity (Wildman–Crippen MR) is 98.8 cm³/mol. The maximum Gasteiger partial charge on any atom is 0.319 e. The standard InChI is InChI=1S/C19H24Cl2N2O/c1-17-6-12-7-18(2,9-17)11-19(8-12,10-17)23-16(24)22-13-3-4-14(20)15(21)5-13/h3-5,12H,6-11H2,1-2H3,(H2,22,23,24)/t12?,17-,18-,19?/m0/s1. The lowest BCUT2D eigenvalue weighted by Gasteiger charge is -2.65. The van der Waals surface area contributed by atoms with E-state index in [2.05, 4.69) is 24.5 Å². The summed E-state index contributed by atoms with van der Waals surface area (Å²) in [5.41, 5.74) is 1.38. The van der Waals surface area contributed by atoms with Crippen LogP contribution in [0.15, 0.2) is 18.2 Å². The summed E-state index contributed by atoms with van der Waals surface area (Å²) in [6, 6.07) is 5.02. The highest BCUT2D eigenvalue weighted by Gasteiger charge is 2.60. The molecule has 1 aromatic carbocycles. The van der Waals surface area contributed by atoms with Crippen LogP contribution in [0.5, 0.6) is 0 Å². The van der Waals surface area contributed by atoms with Gasteiger partial charge < -0.3 is 10.6 Å². The minimum absolute atomic E-state index is 0.0524. The lowest BCUT2D eigenvalue weighted by Crippen LogP contribution is -2.65. The van der Waals surface area contributed by atoms with Crippen LogP contribution in [-0.2, 0) is 0 Å². The van der Waals surface area contributed by atoms with Crippen LogP contribution in [0, 0.1) is 16.7 Å². The van der Waals surface area contributed by atoms with Gasteiger partial charge in [-0.15, -0.1) is 0 Å². The molecule has 5 heteroatoms. The largest absolute Gasteiger partial charge is 0.332 e. The third-order valence-corrected chi connectivity index (χ3v) is 6.92. The molecule has 3 nitrogen and oxygen atoms in total. The zero-order valence-corrected chi connectivity index (χ0v) is 15.7. The van der Waals surface area contributed by atoms with E-state index in [1.165, 1.54) is 19.3 Å². The van der Waals surface area contributed by atoms with E-state index in [-0.39, 0.29) is 11.6 Å². The number of amides is 2. The molecule has 0 saturated heterocycles. The molecule has 24 heavy (non-hydrogen) atoms. The number of anilines is 1. The molecule has 2 amide bonds. The fourth-order valence-corrected chi connectivity index (χ4v) is 6.86. The van der Waals surface area contributed by atoms with E-state index in [0.717, 1.165) is 25.2 Å². The van der Waals surface area contributed by atoms with Gasteiger partial charge in [0.25, 0.3) is 0 Å². The van der Waals surface area contributed by atoms with Crippen LogP contribution in [0.2, 0.25) is 10.0 Å². The minimum Gasteiger partial charge on any atom is -0.332 e. The Morgan fingerprint density at radius 1 is 1.04 bits per heavy atom. The fourth-order valence-electron chi connectivity index (χ4n) is 6.56. The highest BCUT2D eigenvalue weighted by Crippen LogP contribution is 2.66. The van der Waals surface area contributed by atoms with Gasteiger partial charge in [0.15, 0.2) is 0 Å². The molecular formula is C19H24Cl2N2O. The highest BCUT2D eigenvalue weighted by atomic mass is 35.5. The van der Waals surface area contributed by atoms with Crippen molar-refractivity contribution in [2.45, 2.75) is 57.9 Å². The average Bonchev–Trinajstić information content (AvgIpc) is 2.37. The number of halogens is 2. The second-order valence-corrected chi connectivity index (χ2v) is 9.93. The summed E-state index contributed by atoms with van der Waals surface area (Å²) in [5.74, 6) is 0.751. The number of rotatable bonds is 2. The van der Waals surface area contributed by atoms with Crippen LogP contribution < -0.4 is 10.6 Å². The third-order valence-electron chi connectivity index (χ3n) is 6.18. The Balaban J connectivity index is 1.50. The van der Waals surface area contributed by atoms with Gasteiger partial charge in [-0.25, -0.2) is 4.79 Å². The lowest BCUT2D eigenvalue weighted by atomic mass is 9.43. The van der Waals surface area contributed by atoms with Gasteiger partial charge in [0.05, 0.1) is 10.0 Å². The zero-order valence-electron chi connectivity index (χ0n) is 14.2. The van der Waals surface area contributed by atoms with Gasteiger partial charge in [-0.05, 0) is 73.5 Å². The molecule has 4 saturated carbocycles. The number of urea groups is 1. The summed E-state index contributed by atoms with van der Waals surface area (Å²) in [7, 11) is 0. The number of nitrogens with one attached hydrogen (secondary N) is 2. The van der Waals surface area contributed by atoms with Crippen molar-refractivity contribution < 1.29 is 4.79 Å². The van der Waals surface area contributed by atoms with E-state index >= 15 is 0 Å². The Kier molecular flexibility index (Phi) is 3.64. The lowest BCUT2D eigenvalue weighted by molar-refractivity contribution is -0.113. The van der Waals surface area contributed by atoms with Crippen molar-refractivity contribution in [2.24, 2.45) is 16.7 Å². The summed E-state index contributed by atoms with van der Waals surface area (Å²) in [6.45, 7) is 4.81. The summed E-state index contributed by atoms with van der Waals surface area (Å²) in [4.78, 5) is 12.6. The van der Waals surface area contributed by atoms with E-state index in [1.807, 2.05) is 0 Å². The molecule has 5 rings (SSSR count). The number of benzene rings is 1. The van der Waals surface area contributed by atoms with Crippen molar-refractivity contribution in [1.29, 1.82) is 0 Å². The Bertz CT molecular complexity index is 687.